The van der Waals surface area contributed by atoms with Gasteiger partial charge in [0.05, 0.1) is 18.1 Å². The fourth-order valence-corrected chi connectivity index (χ4v) is 4.06. The lowest BCUT2D eigenvalue weighted by atomic mass is 9.96. The SMILES string of the molecule is CCOC(=O)C1CCN(c2ccc(Nc3ncc(C(N)=O)c(NCc4ccccc4)n3)cc2)CC1. The van der Waals surface area contributed by atoms with Crippen molar-refractivity contribution >= 4 is 35.0 Å². The first-order chi connectivity index (χ1) is 17.0. The zero-order valence-corrected chi connectivity index (χ0v) is 19.7. The Labute approximate surface area is 204 Å². The molecule has 0 aliphatic carbocycles. The number of hydrogen-bond acceptors (Lipinski definition) is 8. The topological polar surface area (TPSA) is 122 Å². The maximum atomic E-state index is 12.0. The van der Waals surface area contributed by atoms with Crippen LogP contribution in [0.2, 0.25) is 0 Å². The maximum absolute atomic E-state index is 12.0. The Hall–Kier alpha value is -4.14. The van der Waals surface area contributed by atoms with Crippen LogP contribution in [0.3, 0.4) is 0 Å². The van der Waals surface area contributed by atoms with Gasteiger partial charge in [-0.25, -0.2) is 4.98 Å². The summed E-state index contributed by atoms with van der Waals surface area (Å²) < 4.78 is 5.15. The van der Waals surface area contributed by atoms with Crippen LogP contribution >= 0.6 is 0 Å². The molecular weight excluding hydrogens is 444 g/mol. The van der Waals surface area contributed by atoms with Crippen LogP contribution in [-0.2, 0) is 16.1 Å². The summed E-state index contributed by atoms with van der Waals surface area (Å²) in [6.45, 7) is 4.38. The highest BCUT2D eigenvalue weighted by Crippen LogP contribution is 2.26. The zero-order chi connectivity index (χ0) is 24.6. The monoisotopic (exact) mass is 474 g/mol. The van der Waals surface area contributed by atoms with Crippen molar-refractivity contribution in [2.75, 3.05) is 35.2 Å². The molecule has 0 atom stereocenters. The molecule has 2 aromatic carbocycles. The van der Waals surface area contributed by atoms with Gasteiger partial charge in [-0.05, 0) is 49.6 Å². The Balaban J connectivity index is 1.39. The molecule has 0 radical (unpaired) electrons. The van der Waals surface area contributed by atoms with Gasteiger partial charge in [-0.1, -0.05) is 30.3 Å². The molecule has 35 heavy (non-hydrogen) atoms. The Morgan fingerprint density at radius 1 is 1.09 bits per heavy atom. The molecule has 1 aliphatic rings. The second-order valence-corrected chi connectivity index (χ2v) is 8.34. The zero-order valence-electron chi connectivity index (χ0n) is 19.7. The van der Waals surface area contributed by atoms with Crippen LogP contribution in [0.5, 0.6) is 0 Å². The molecule has 1 amide bonds. The number of amides is 1. The van der Waals surface area contributed by atoms with Gasteiger partial charge in [-0.3, -0.25) is 9.59 Å². The van der Waals surface area contributed by atoms with Crippen molar-refractivity contribution in [2.24, 2.45) is 11.7 Å². The van der Waals surface area contributed by atoms with E-state index < -0.39 is 5.91 Å². The van der Waals surface area contributed by atoms with Crippen LogP contribution in [0, 0.1) is 5.92 Å². The summed E-state index contributed by atoms with van der Waals surface area (Å²) in [5, 5.41) is 6.36. The number of esters is 1. The molecule has 1 aromatic heterocycles. The Morgan fingerprint density at radius 2 is 1.80 bits per heavy atom. The summed E-state index contributed by atoms with van der Waals surface area (Å²) in [6.07, 6.45) is 3.00. The molecule has 1 fully saturated rings. The Morgan fingerprint density at radius 3 is 2.46 bits per heavy atom. The number of aromatic nitrogens is 2. The summed E-state index contributed by atoms with van der Waals surface area (Å²) in [5.41, 5.74) is 8.69. The Kier molecular flexibility index (Phi) is 7.77. The standard InChI is InChI=1S/C26H30N6O3/c1-2-35-25(34)19-12-14-32(15-13-19)21-10-8-20(9-11-21)30-26-29-17-22(23(27)33)24(31-26)28-16-18-6-4-3-5-7-18/h3-11,17,19H,2,12-16H2,1H3,(H2,27,33)(H2,28,29,30,31). The lowest BCUT2D eigenvalue weighted by molar-refractivity contribution is -0.148. The lowest BCUT2D eigenvalue weighted by Gasteiger charge is -2.32. The maximum Gasteiger partial charge on any atom is 0.309 e. The molecule has 0 unspecified atom stereocenters. The fraction of sp³-hybridized carbons (Fsp3) is 0.308. The van der Waals surface area contributed by atoms with Gasteiger partial charge in [0, 0.05) is 37.2 Å². The van der Waals surface area contributed by atoms with E-state index in [-0.39, 0.29) is 17.5 Å². The van der Waals surface area contributed by atoms with Crippen molar-refractivity contribution in [2.45, 2.75) is 26.3 Å². The normalized spacial score (nSPS) is 13.8. The van der Waals surface area contributed by atoms with Gasteiger partial charge in [0.1, 0.15) is 5.82 Å². The predicted molar refractivity (Wildman–Crippen MR) is 136 cm³/mol. The number of anilines is 4. The second kappa shape index (κ2) is 11.3. The van der Waals surface area contributed by atoms with Crippen molar-refractivity contribution in [1.29, 1.82) is 0 Å². The third kappa shape index (κ3) is 6.26. The number of nitrogens with one attached hydrogen (secondary N) is 2. The summed E-state index contributed by atoms with van der Waals surface area (Å²) in [5.74, 6) is 0.0285. The van der Waals surface area contributed by atoms with E-state index in [0.29, 0.717) is 24.9 Å². The third-order valence-electron chi connectivity index (χ3n) is 5.96. The van der Waals surface area contributed by atoms with Gasteiger partial charge in [-0.15, -0.1) is 0 Å². The van der Waals surface area contributed by atoms with Gasteiger partial charge < -0.3 is 26.0 Å². The molecule has 0 bridgehead atoms. The number of ether oxygens (including phenoxy) is 1. The summed E-state index contributed by atoms with van der Waals surface area (Å²) in [7, 11) is 0. The van der Waals surface area contributed by atoms with Crippen molar-refractivity contribution in [1.82, 2.24) is 9.97 Å². The molecule has 3 aromatic rings. The number of nitrogens with zero attached hydrogens (tertiary/aromatic N) is 3. The first-order valence-electron chi connectivity index (χ1n) is 11.8. The molecule has 4 rings (SSSR count). The molecule has 9 heteroatoms. The fourth-order valence-electron chi connectivity index (χ4n) is 4.06. The number of carbonyl (C=O) groups excluding carboxylic acids is 2. The lowest BCUT2D eigenvalue weighted by Crippen LogP contribution is -2.36. The van der Waals surface area contributed by atoms with E-state index in [1.54, 1.807) is 0 Å². The van der Waals surface area contributed by atoms with Crippen LogP contribution in [-0.4, -0.2) is 41.5 Å². The number of primary amides is 1. The minimum atomic E-state index is -0.594. The molecule has 182 valence electrons. The highest BCUT2D eigenvalue weighted by atomic mass is 16.5. The summed E-state index contributed by atoms with van der Waals surface area (Å²) in [6, 6.07) is 17.8. The van der Waals surface area contributed by atoms with Gasteiger partial charge in [0.2, 0.25) is 5.95 Å². The van der Waals surface area contributed by atoms with Crippen molar-refractivity contribution < 1.29 is 14.3 Å². The van der Waals surface area contributed by atoms with E-state index in [1.165, 1.54) is 6.20 Å². The largest absolute Gasteiger partial charge is 0.466 e. The number of piperidine rings is 1. The van der Waals surface area contributed by atoms with Gasteiger partial charge >= 0.3 is 5.97 Å². The minimum absolute atomic E-state index is 0.0163. The van der Waals surface area contributed by atoms with Crippen molar-refractivity contribution in [3.05, 3.63) is 71.9 Å². The van der Waals surface area contributed by atoms with E-state index in [2.05, 4.69) is 25.5 Å². The highest BCUT2D eigenvalue weighted by Gasteiger charge is 2.26. The predicted octanol–water partition coefficient (Wildman–Crippen LogP) is 3.71. The molecule has 9 nitrogen and oxygen atoms in total. The number of rotatable bonds is 9. The summed E-state index contributed by atoms with van der Waals surface area (Å²) in [4.78, 5) is 34.8. The second-order valence-electron chi connectivity index (χ2n) is 8.34. The van der Waals surface area contributed by atoms with E-state index in [1.807, 2.05) is 61.5 Å². The molecule has 0 saturated carbocycles. The van der Waals surface area contributed by atoms with Gasteiger partial charge in [0.25, 0.3) is 5.91 Å². The van der Waals surface area contributed by atoms with E-state index >= 15 is 0 Å². The molecule has 1 saturated heterocycles. The minimum Gasteiger partial charge on any atom is -0.466 e. The number of benzene rings is 2. The molecular formula is C26H30N6O3. The van der Waals surface area contributed by atoms with E-state index in [4.69, 9.17) is 10.5 Å². The van der Waals surface area contributed by atoms with Crippen LogP contribution in [0.25, 0.3) is 0 Å². The number of nitrogens with two attached hydrogens (primary N) is 1. The van der Waals surface area contributed by atoms with Crippen LogP contribution in [0.1, 0.15) is 35.7 Å². The third-order valence-corrected chi connectivity index (χ3v) is 5.96. The van der Waals surface area contributed by atoms with Crippen LogP contribution in [0.15, 0.2) is 60.8 Å². The average molecular weight is 475 g/mol. The molecule has 0 spiro atoms. The number of hydrogen-bond donors (Lipinski definition) is 3. The molecule has 4 N–H and O–H groups in total. The molecule has 2 heterocycles. The first-order valence-corrected chi connectivity index (χ1v) is 11.8. The van der Waals surface area contributed by atoms with Crippen LogP contribution in [0.4, 0.5) is 23.1 Å². The highest BCUT2D eigenvalue weighted by molar-refractivity contribution is 5.97. The molecule has 1 aliphatic heterocycles. The van der Waals surface area contributed by atoms with Gasteiger partial charge in [-0.2, -0.15) is 4.98 Å². The summed E-state index contributed by atoms with van der Waals surface area (Å²) >= 11 is 0. The van der Waals surface area contributed by atoms with Crippen molar-refractivity contribution in [3.8, 4) is 0 Å². The van der Waals surface area contributed by atoms with E-state index in [9.17, 15) is 9.59 Å². The average Bonchev–Trinajstić information content (AvgIpc) is 2.89. The van der Waals surface area contributed by atoms with Crippen LogP contribution < -0.4 is 21.3 Å². The Bertz CT molecular complexity index is 1150. The smallest absolute Gasteiger partial charge is 0.309 e. The first kappa shape index (κ1) is 24.0. The number of carbonyl (C=O) groups is 2. The quantitative estimate of drug-likeness (QED) is 0.401. The van der Waals surface area contributed by atoms with E-state index in [0.717, 1.165) is 42.9 Å². The van der Waals surface area contributed by atoms with Crippen molar-refractivity contribution in [3.63, 3.8) is 0 Å². The van der Waals surface area contributed by atoms with Gasteiger partial charge in [0.15, 0.2) is 0 Å².